The fourth-order valence-corrected chi connectivity index (χ4v) is 4.45. The lowest BCUT2D eigenvalue weighted by Gasteiger charge is -2.15. The van der Waals surface area contributed by atoms with Crippen molar-refractivity contribution < 1.29 is 18.3 Å². The summed E-state index contributed by atoms with van der Waals surface area (Å²) in [5.41, 5.74) is 2.38. The zero-order valence-electron chi connectivity index (χ0n) is 19.4. The molecule has 1 saturated heterocycles. The molecule has 2 heterocycles. The first kappa shape index (κ1) is 22.9. The molecule has 0 unspecified atom stereocenters. The van der Waals surface area contributed by atoms with Crippen LogP contribution in [0.2, 0.25) is 0 Å². The molecular weight excluding hydrogens is 448 g/mol. The summed E-state index contributed by atoms with van der Waals surface area (Å²) < 4.78 is 35.1. The van der Waals surface area contributed by atoms with Gasteiger partial charge < -0.3 is 10.1 Å². The summed E-state index contributed by atoms with van der Waals surface area (Å²) in [6.45, 7) is 2.92. The Balaban J connectivity index is 1.34. The van der Waals surface area contributed by atoms with Crippen LogP contribution in [0, 0.1) is 11.6 Å². The van der Waals surface area contributed by atoms with Gasteiger partial charge >= 0.3 is 0 Å². The molecule has 1 aliphatic heterocycles. The van der Waals surface area contributed by atoms with Gasteiger partial charge in [-0.1, -0.05) is 24.3 Å². The highest BCUT2D eigenvalue weighted by atomic mass is 19.1. The van der Waals surface area contributed by atoms with E-state index in [0.29, 0.717) is 16.7 Å². The summed E-state index contributed by atoms with van der Waals surface area (Å²) in [4.78, 5) is 19.4. The van der Waals surface area contributed by atoms with Gasteiger partial charge in [-0.15, -0.1) is 0 Å². The maximum Gasteiger partial charge on any atom is 0.258 e. The second kappa shape index (κ2) is 9.80. The number of carbonyl (C=O) groups excluding carboxylic acids is 1. The molecule has 178 valence electrons. The highest BCUT2D eigenvalue weighted by molar-refractivity contribution is 6.05. The molecule has 1 fully saturated rings. The predicted octanol–water partition coefficient (Wildman–Crippen LogP) is 6.04. The zero-order valence-corrected chi connectivity index (χ0v) is 19.4. The first-order chi connectivity index (χ1) is 17.0. The monoisotopic (exact) mass is 473 g/mol. The normalized spacial score (nSPS) is 13.8. The molecule has 1 aromatic heterocycles. The molecule has 0 aliphatic carbocycles. The average Bonchev–Trinajstić information content (AvgIpc) is 3.38. The number of ether oxygens (including phenoxy) is 1. The Morgan fingerprint density at radius 1 is 1.00 bits per heavy atom. The van der Waals surface area contributed by atoms with Crippen molar-refractivity contribution in [2.75, 3.05) is 25.5 Å². The van der Waals surface area contributed by atoms with Crippen LogP contribution in [-0.4, -0.2) is 36.0 Å². The number of amides is 1. The fraction of sp³-hybridized carbons (Fsp3) is 0.214. The number of pyridine rings is 1. The smallest absolute Gasteiger partial charge is 0.258 e. The first-order valence-corrected chi connectivity index (χ1v) is 11.6. The zero-order chi connectivity index (χ0) is 24.4. The number of nitrogens with one attached hydrogen (secondary N) is 1. The summed E-state index contributed by atoms with van der Waals surface area (Å²) >= 11 is 0. The molecule has 5 nitrogen and oxygen atoms in total. The van der Waals surface area contributed by atoms with Crippen LogP contribution in [0.1, 0.15) is 28.8 Å². The minimum absolute atomic E-state index is 0.0408. The largest absolute Gasteiger partial charge is 0.497 e. The number of methoxy groups -OCH3 is 1. The van der Waals surface area contributed by atoms with Crippen LogP contribution in [0.15, 0.2) is 66.9 Å². The summed E-state index contributed by atoms with van der Waals surface area (Å²) in [7, 11) is 1.57. The van der Waals surface area contributed by atoms with Crippen molar-refractivity contribution in [3.05, 3.63) is 89.6 Å². The first-order valence-electron chi connectivity index (χ1n) is 11.6. The molecule has 4 aromatic rings. The van der Waals surface area contributed by atoms with Crippen LogP contribution < -0.4 is 10.1 Å². The Bertz CT molecular complexity index is 1380. The number of rotatable bonds is 6. The Morgan fingerprint density at radius 2 is 1.74 bits per heavy atom. The second-order valence-corrected chi connectivity index (χ2v) is 8.70. The van der Waals surface area contributed by atoms with E-state index in [1.165, 1.54) is 31.0 Å². The van der Waals surface area contributed by atoms with E-state index in [9.17, 15) is 9.18 Å². The lowest BCUT2D eigenvalue weighted by molar-refractivity contribution is 0.102. The number of likely N-dealkylation sites (tertiary alicyclic amines) is 1. The summed E-state index contributed by atoms with van der Waals surface area (Å²) in [6.07, 6.45) is 4.07. The van der Waals surface area contributed by atoms with E-state index in [1.807, 2.05) is 6.07 Å². The summed E-state index contributed by atoms with van der Waals surface area (Å²) in [5, 5.41) is 3.15. The van der Waals surface area contributed by atoms with E-state index >= 15 is 4.39 Å². The number of anilines is 1. The maximum atomic E-state index is 15.1. The molecule has 5 rings (SSSR count). The Kier molecular flexibility index (Phi) is 6.42. The lowest BCUT2D eigenvalue weighted by Crippen LogP contribution is -2.18. The van der Waals surface area contributed by atoms with Gasteiger partial charge in [0.25, 0.3) is 5.91 Å². The highest BCUT2D eigenvalue weighted by Gasteiger charge is 2.18. The molecule has 7 heteroatoms. The molecule has 1 aliphatic rings. The second-order valence-electron chi connectivity index (χ2n) is 8.70. The predicted molar refractivity (Wildman–Crippen MR) is 133 cm³/mol. The van der Waals surface area contributed by atoms with Crippen molar-refractivity contribution in [2.24, 2.45) is 0 Å². The van der Waals surface area contributed by atoms with E-state index in [1.54, 1.807) is 49.7 Å². The lowest BCUT2D eigenvalue weighted by atomic mass is 10.0. The maximum absolute atomic E-state index is 15.1. The quantitative estimate of drug-likeness (QED) is 0.371. The molecule has 0 bridgehead atoms. The van der Waals surface area contributed by atoms with Crippen LogP contribution in [-0.2, 0) is 6.54 Å². The molecular formula is C28H25F2N3O2. The van der Waals surface area contributed by atoms with Gasteiger partial charge in [0.05, 0.1) is 18.4 Å². The van der Waals surface area contributed by atoms with Gasteiger partial charge in [0, 0.05) is 18.1 Å². The van der Waals surface area contributed by atoms with Crippen molar-refractivity contribution in [1.29, 1.82) is 0 Å². The third-order valence-corrected chi connectivity index (χ3v) is 6.34. The van der Waals surface area contributed by atoms with Gasteiger partial charge in [-0.2, -0.15) is 0 Å². The molecule has 0 atom stereocenters. The molecule has 0 saturated carbocycles. The number of nitrogens with zero attached hydrogens (tertiary/aromatic N) is 2. The van der Waals surface area contributed by atoms with Gasteiger partial charge in [-0.05, 0) is 79.0 Å². The highest BCUT2D eigenvalue weighted by Crippen LogP contribution is 2.27. The number of aromatic nitrogens is 1. The number of hydrogen-bond donors (Lipinski definition) is 1. The van der Waals surface area contributed by atoms with E-state index in [2.05, 4.69) is 15.2 Å². The SMILES string of the molecule is COc1ccc(-c2ccc(C(=O)Nc3ccc4cc(CN5CCCC5)cnc4c3F)c(F)c2)cc1. The van der Waals surface area contributed by atoms with Crippen molar-refractivity contribution in [3.8, 4) is 16.9 Å². The van der Waals surface area contributed by atoms with Crippen LogP contribution in [0.5, 0.6) is 5.75 Å². The minimum atomic E-state index is -0.729. The van der Waals surface area contributed by atoms with Crippen LogP contribution in [0.25, 0.3) is 22.0 Å². The standard InChI is InChI=1S/C28H25F2N3O2/c1-35-22-8-4-19(5-9-22)20-6-10-23(24(29)15-20)28(34)32-25-11-7-21-14-18(16-31-27(21)26(25)30)17-33-12-2-3-13-33/h4-11,14-16H,2-3,12-13,17H2,1H3,(H,32,34). The topological polar surface area (TPSA) is 54.5 Å². The Morgan fingerprint density at radius 3 is 2.46 bits per heavy atom. The van der Waals surface area contributed by atoms with Crippen molar-refractivity contribution in [3.63, 3.8) is 0 Å². The Hall–Kier alpha value is -3.84. The number of carbonyl (C=O) groups is 1. The van der Waals surface area contributed by atoms with E-state index in [4.69, 9.17) is 4.74 Å². The molecule has 35 heavy (non-hydrogen) atoms. The minimum Gasteiger partial charge on any atom is -0.497 e. The van der Waals surface area contributed by atoms with Gasteiger partial charge in [-0.3, -0.25) is 14.7 Å². The number of halogens is 2. The molecule has 1 amide bonds. The summed E-state index contributed by atoms with van der Waals surface area (Å²) in [5.74, 6) is -1.37. The molecule has 0 radical (unpaired) electrons. The van der Waals surface area contributed by atoms with Crippen LogP contribution >= 0.6 is 0 Å². The van der Waals surface area contributed by atoms with Crippen LogP contribution in [0.3, 0.4) is 0 Å². The van der Waals surface area contributed by atoms with Gasteiger partial charge in [0.1, 0.15) is 17.1 Å². The number of hydrogen-bond acceptors (Lipinski definition) is 4. The van der Waals surface area contributed by atoms with E-state index in [-0.39, 0.29) is 16.8 Å². The van der Waals surface area contributed by atoms with Gasteiger partial charge in [0.15, 0.2) is 5.82 Å². The third kappa shape index (κ3) is 4.86. The molecule has 0 spiro atoms. The fourth-order valence-electron chi connectivity index (χ4n) is 4.45. The van der Waals surface area contributed by atoms with Gasteiger partial charge in [-0.25, -0.2) is 8.78 Å². The Labute approximate surface area is 202 Å². The van der Waals surface area contributed by atoms with E-state index in [0.717, 1.165) is 30.8 Å². The summed E-state index contributed by atoms with van der Waals surface area (Å²) in [6, 6.07) is 16.6. The third-order valence-electron chi connectivity index (χ3n) is 6.34. The number of benzene rings is 3. The molecule has 3 aromatic carbocycles. The van der Waals surface area contributed by atoms with E-state index < -0.39 is 17.5 Å². The van der Waals surface area contributed by atoms with Crippen LogP contribution in [0.4, 0.5) is 14.5 Å². The van der Waals surface area contributed by atoms with Gasteiger partial charge in [0.2, 0.25) is 0 Å². The van der Waals surface area contributed by atoms with Crippen molar-refractivity contribution in [2.45, 2.75) is 19.4 Å². The average molecular weight is 474 g/mol. The van der Waals surface area contributed by atoms with Crippen molar-refractivity contribution in [1.82, 2.24) is 9.88 Å². The number of fused-ring (bicyclic) bond motifs is 1. The van der Waals surface area contributed by atoms with Crippen molar-refractivity contribution >= 4 is 22.5 Å². The molecule has 1 N–H and O–H groups in total.